The van der Waals surface area contributed by atoms with Crippen molar-refractivity contribution in [3.8, 4) is 0 Å². The van der Waals surface area contributed by atoms with Crippen molar-refractivity contribution < 1.29 is 13.2 Å². The SMILES string of the molecule is O=C(Nc1cc(S(=O)(=O)N2CCCCCC2)ccc1Cl)c1ccc(=O)[nH]n1. The number of hydrogen-bond acceptors (Lipinski definition) is 5. The molecule has 0 bridgehead atoms. The second-order valence-corrected chi connectivity index (χ2v) is 8.57. The van der Waals surface area contributed by atoms with Gasteiger partial charge >= 0.3 is 0 Å². The zero-order chi connectivity index (χ0) is 19.4. The largest absolute Gasteiger partial charge is 0.319 e. The van der Waals surface area contributed by atoms with E-state index in [0.717, 1.165) is 25.7 Å². The fraction of sp³-hybridized carbons (Fsp3) is 0.353. The number of anilines is 1. The summed E-state index contributed by atoms with van der Waals surface area (Å²) in [5, 5.41) is 8.54. The minimum Gasteiger partial charge on any atom is -0.319 e. The number of aromatic nitrogens is 2. The van der Waals surface area contributed by atoms with E-state index < -0.39 is 21.5 Å². The Balaban J connectivity index is 1.86. The van der Waals surface area contributed by atoms with Crippen LogP contribution in [0.5, 0.6) is 0 Å². The molecule has 144 valence electrons. The van der Waals surface area contributed by atoms with Crippen molar-refractivity contribution >= 4 is 33.2 Å². The summed E-state index contributed by atoms with van der Waals surface area (Å²) in [5.74, 6) is -0.613. The van der Waals surface area contributed by atoms with Gasteiger partial charge in [0.05, 0.1) is 15.6 Å². The highest BCUT2D eigenvalue weighted by atomic mass is 35.5. The lowest BCUT2D eigenvalue weighted by atomic mass is 10.2. The number of hydrogen-bond donors (Lipinski definition) is 2. The van der Waals surface area contributed by atoms with Gasteiger partial charge in [0.2, 0.25) is 10.0 Å². The van der Waals surface area contributed by atoms with Crippen LogP contribution in [0.3, 0.4) is 0 Å². The highest BCUT2D eigenvalue weighted by Gasteiger charge is 2.26. The molecule has 2 N–H and O–H groups in total. The van der Waals surface area contributed by atoms with Gasteiger partial charge < -0.3 is 5.32 Å². The molecule has 3 rings (SSSR count). The van der Waals surface area contributed by atoms with Crippen molar-refractivity contribution in [1.29, 1.82) is 0 Å². The Hall–Kier alpha value is -2.23. The van der Waals surface area contributed by atoms with Gasteiger partial charge in [-0.05, 0) is 37.1 Å². The minimum atomic E-state index is -3.67. The lowest BCUT2D eigenvalue weighted by Gasteiger charge is -2.20. The summed E-state index contributed by atoms with van der Waals surface area (Å²) >= 11 is 6.11. The number of carbonyl (C=O) groups is 1. The second-order valence-electron chi connectivity index (χ2n) is 6.22. The quantitative estimate of drug-likeness (QED) is 0.802. The van der Waals surface area contributed by atoms with Crippen molar-refractivity contribution in [2.45, 2.75) is 30.6 Å². The van der Waals surface area contributed by atoms with Crippen LogP contribution in [0.25, 0.3) is 0 Å². The molecule has 2 aromatic rings. The number of nitrogens with zero attached hydrogens (tertiary/aromatic N) is 2. The first kappa shape index (κ1) is 19.5. The molecule has 0 radical (unpaired) electrons. The third-order valence-corrected chi connectivity index (χ3v) is 6.52. The minimum absolute atomic E-state index is 0.0218. The lowest BCUT2D eigenvalue weighted by molar-refractivity contribution is 0.102. The van der Waals surface area contributed by atoms with Gasteiger partial charge in [0.1, 0.15) is 5.69 Å². The molecule has 1 amide bonds. The van der Waals surface area contributed by atoms with Gasteiger partial charge in [0.25, 0.3) is 11.5 Å². The van der Waals surface area contributed by atoms with Crippen molar-refractivity contribution in [2.75, 3.05) is 18.4 Å². The summed E-state index contributed by atoms with van der Waals surface area (Å²) in [4.78, 5) is 23.4. The third-order valence-electron chi connectivity index (χ3n) is 4.30. The Kier molecular flexibility index (Phi) is 5.93. The molecule has 0 saturated carbocycles. The number of amides is 1. The predicted molar refractivity (Wildman–Crippen MR) is 101 cm³/mol. The standard InChI is InChI=1S/C17H19ClN4O4S/c18-13-6-5-12(27(25,26)22-9-3-1-2-4-10-22)11-15(13)19-17(24)14-7-8-16(23)21-20-14/h5-8,11H,1-4,9-10H2,(H,19,24)(H,21,23). The molecule has 0 aliphatic carbocycles. The maximum absolute atomic E-state index is 12.9. The summed E-state index contributed by atoms with van der Waals surface area (Å²) in [6, 6.07) is 6.63. The van der Waals surface area contributed by atoms with E-state index in [9.17, 15) is 18.0 Å². The molecule has 1 aromatic carbocycles. The molecule has 1 aliphatic heterocycles. The second kappa shape index (κ2) is 8.20. The monoisotopic (exact) mass is 410 g/mol. The van der Waals surface area contributed by atoms with Crippen LogP contribution >= 0.6 is 11.6 Å². The summed E-state index contributed by atoms with van der Waals surface area (Å²) in [7, 11) is -3.67. The summed E-state index contributed by atoms with van der Waals surface area (Å²) in [5.41, 5.74) is -0.299. The van der Waals surface area contributed by atoms with E-state index in [2.05, 4.69) is 15.5 Å². The maximum Gasteiger partial charge on any atom is 0.276 e. The maximum atomic E-state index is 12.9. The molecular weight excluding hydrogens is 392 g/mol. The third kappa shape index (κ3) is 4.55. The molecular formula is C17H19ClN4O4S. The molecule has 8 nitrogen and oxygen atoms in total. The van der Waals surface area contributed by atoms with E-state index in [1.54, 1.807) is 0 Å². The number of rotatable bonds is 4. The van der Waals surface area contributed by atoms with Gasteiger partial charge in [-0.2, -0.15) is 9.40 Å². The summed E-state index contributed by atoms with van der Waals surface area (Å²) in [6.45, 7) is 0.960. The van der Waals surface area contributed by atoms with Crippen LogP contribution in [0.2, 0.25) is 5.02 Å². The molecule has 1 saturated heterocycles. The number of aromatic amines is 1. The molecule has 1 aromatic heterocycles. The zero-order valence-electron chi connectivity index (χ0n) is 14.4. The molecule has 0 atom stereocenters. The van der Waals surface area contributed by atoms with Crippen LogP contribution in [0.1, 0.15) is 36.2 Å². The van der Waals surface area contributed by atoms with E-state index in [4.69, 9.17) is 11.6 Å². The van der Waals surface area contributed by atoms with E-state index >= 15 is 0 Å². The van der Waals surface area contributed by atoms with Crippen LogP contribution in [-0.2, 0) is 10.0 Å². The molecule has 0 spiro atoms. The molecule has 2 heterocycles. The number of benzene rings is 1. The van der Waals surface area contributed by atoms with Crippen LogP contribution in [-0.4, -0.2) is 41.9 Å². The highest BCUT2D eigenvalue weighted by Crippen LogP contribution is 2.28. The topological polar surface area (TPSA) is 112 Å². The summed E-state index contributed by atoms with van der Waals surface area (Å²) < 4.78 is 27.3. The smallest absolute Gasteiger partial charge is 0.276 e. The average Bonchev–Trinajstić information content (AvgIpc) is 2.94. The normalized spacial score (nSPS) is 15.9. The Morgan fingerprint density at radius 3 is 2.44 bits per heavy atom. The van der Waals surface area contributed by atoms with Gasteiger partial charge in [0.15, 0.2) is 0 Å². The van der Waals surface area contributed by atoms with Gasteiger partial charge in [-0.3, -0.25) is 9.59 Å². The number of nitrogens with one attached hydrogen (secondary N) is 2. The lowest BCUT2D eigenvalue weighted by Crippen LogP contribution is -2.32. The molecule has 1 fully saturated rings. The summed E-state index contributed by atoms with van der Waals surface area (Å²) in [6.07, 6.45) is 3.68. The van der Waals surface area contributed by atoms with Gasteiger partial charge in [-0.1, -0.05) is 24.4 Å². The van der Waals surface area contributed by atoms with E-state index in [-0.39, 0.29) is 21.3 Å². The molecule has 1 aliphatic rings. The van der Waals surface area contributed by atoms with Gasteiger partial charge in [0, 0.05) is 19.2 Å². The van der Waals surface area contributed by atoms with Crippen LogP contribution < -0.4 is 10.9 Å². The Morgan fingerprint density at radius 1 is 1.11 bits per heavy atom. The van der Waals surface area contributed by atoms with Gasteiger partial charge in [-0.15, -0.1) is 0 Å². The van der Waals surface area contributed by atoms with Crippen molar-refractivity contribution in [3.05, 3.63) is 51.4 Å². The number of carbonyl (C=O) groups excluding carboxylic acids is 1. The van der Waals surface area contributed by atoms with Crippen molar-refractivity contribution in [1.82, 2.24) is 14.5 Å². The fourth-order valence-electron chi connectivity index (χ4n) is 2.85. The van der Waals surface area contributed by atoms with Gasteiger partial charge in [-0.25, -0.2) is 13.5 Å². The Bertz CT molecular complexity index is 978. The first-order chi connectivity index (χ1) is 12.9. The van der Waals surface area contributed by atoms with Crippen LogP contribution in [0.4, 0.5) is 5.69 Å². The van der Waals surface area contributed by atoms with Crippen molar-refractivity contribution in [3.63, 3.8) is 0 Å². The number of halogens is 1. The van der Waals surface area contributed by atoms with E-state index in [0.29, 0.717) is 13.1 Å². The van der Waals surface area contributed by atoms with Crippen LogP contribution in [0.15, 0.2) is 40.0 Å². The van der Waals surface area contributed by atoms with E-state index in [1.807, 2.05) is 0 Å². The Labute approximate surface area is 161 Å². The number of sulfonamides is 1. The van der Waals surface area contributed by atoms with Crippen molar-refractivity contribution in [2.24, 2.45) is 0 Å². The van der Waals surface area contributed by atoms with Crippen LogP contribution in [0, 0.1) is 0 Å². The highest BCUT2D eigenvalue weighted by molar-refractivity contribution is 7.89. The first-order valence-corrected chi connectivity index (χ1v) is 10.4. The first-order valence-electron chi connectivity index (χ1n) is 8.55. The average molecular weight is 411 g/mol. The number of H-pyrrole nitrogens is 1. The molecule has 27 heavy (non-hydrogen) atoms. The predicted octanol–water partition coefficient (Wildman–Crippen LogP) is 2.24. The fourth-order valence-corrected chi connectivity index (χ4v) is 4.56. The Morgan fingerprint density at radius 2 is 1.81 bits per heavy atom. The molecule has 10 heteroatoms. The zero-order valence-corrected chi connectivity index (χ0v) is 16.0. The molecule has 0 unspecified atom stereocenters. The van der Waals surface area contributed by atoms with E-state index in [1.165, 1.54) is 34.6 Å².